The van der Waals surface area contributed by atoms with Gasteiger partial charge in [-0.3, -0.25) is 4.90 Å². The molecule has 2 unspecified atom stereocenters. The Labute approximate surface area is 123 Å². The summed E-state index contributed by atoms with van der Waals surface area (Å²) in [6.07, 6.45) is 11.4. The van der Waals surface area contributed by atoms with Crippen LogP contribution < -0.4 is 0 Å². The lowest BCUT2D eigenvalue weighted by Gasteiger charge is -2.38. The monoisotopic (exact) mass is 275 g/mol. The Bertz CT molecular complexity index is 449. The molecular weight excluding hydrogens is 246 g/mol. The van der Waals surface area contributed by atoms with Crippen LogP contribution in [0.25, 0.3) is 0 Å². The fourth-order valence-corrected chi connectivity index (χ4v) is 4.01. The quantitative estimate of drug-likeness (QED) is 0.840. The van der Waals surface area contributed by atoms with Crippen molar-refractivity contribution in [2.24, 2.45) is 0 Å². The normalized spacial score (nSPS) is 27.8. The number of imidazole rings is 1. The number of aryl methyl sites for hydroxylation is 1. The largest absolute Gasteiger partial charge is 0.332 e. The van der Waals surface area contributed by atoms with Gasteiger partial charge in [-0.05, 0) is 53.0 Å². The number of aromatic nitrogens is 2. The van der Waals surface area contributed by atoms with E-state index in [1.54, 1.807) is 0 Å². The molecule has 0 saturated carbocycles. The van der Waals surface area contributed by atoms with E-state index < -0.39 is 0 Å². The van der Waals surface area contributed by atoms with Gasteiger partial charge in [0.25, 0.3) is 0 Å². The number of likely N-dealkylation sites (tertiary alicyclic amines) is 1. The van der Waals surface area contributed by atoms with Crippen molar-refractivity contribution in [3.05, 3.63) is 17.7 Å². The molecule has 0 N–H and O–H groups in total. The number of piperidine rings is 1. The Kier molecular flexibility index (Phi) is 4.16. The van der Waals surface area contributed by atoms with Gasteiger partial charge in [0.2, 0.25) is 0 Å². The minimum atomic E-state index is 0.646. The highest BCUT2D eigenvalue weighted by Gasteiger charge is 2.26. The highest BCUT2D eigenvalue weighted by Crippen LogP contribution is 2.27. The number of rotatable bonds is 3. The summed E-state index contributed by atoms with van der Waals surface area (Å²) >= 11 is 0. The SMILES string of the molecule is CC(C)N1CCCCC1Cc1cn2c(n1)CCCC2C. The van der Waals surface area contributed by atoms with E-state index in [0.29, 0.717) is 18.1 Å². The molecule has 2 aliphatic rings. The lowest BCUT2D eigenvalue weighted by molar-refractivity contribution is 0.111. The summed E-state index contributed by atoms with van der Waals surface area (Å²) < 4.78 is 2.43. The van der Waals surface area contributed by atoms with E-state index in [4.69, 9.17) is 4.98 Å². The maximum atomic E-state index is 4.93. The van der Waals surface area contributed by atoms with Crippen molar-refractivity contribution in [2.75, 3.05) is 6.54 Å². The molecule has 20 heavy (non-hydrogen) atoms. The first-order chi connectivity index (χ1) is 9.65. The van der Waals surface area contributed by atoms with Gasteiger partial charge >= 0.3 is 0 Å². The molecule has 3 nitrogen and oxygen atoms in total. The highest BCUT2D eigenvalue weighted by atomic mass is 15.2. The van der Waals surface area contributed by atoms with Crippen LogP contribution in [0.3, 0.4) is 0 Å². The van der Waals surface area contributed by atoms with Gasteiger partial charge in [-0.2, -0.15) is 0 Å². The minimum Gasteiger partial charge on any atom is -0.332 e. The highest BCUT2D eigenvalue weighted by molar-refractivity contribution is 5.10. The maximum absolute atomic E-state index is 4.93. The summed E-state index contributed by atoms with van der Waals surface area (Å²) in [5.41, 5.74) is 1.33. The van der Waals surface area contributed by atoms with Crippen LogP contribution in [-0.2, 0) is 12.8 Å². The number of hydrogen-bond acceptors (Lipinski definition) is 2. The van der Waals surface area contributed by atoms with E-state index in [-0.39, 0.29) is 0 Å². The maximum Gasteiger partial charge on any atom is 0.109 e. The van der Waals surface area contributed by atoms with Crippen LogP contribution in [-0.4, -0.2) is 33.1 Å². The molecule has 1 saturated heterocycles. The van der Waals surface area contributed by atoms with E-state index in [0.717, 1.165) is 6.42 Å². The first-order valence-electron chi connectivity index (χ1n) is 8.47. The molecule has 3 heteroatoms. The zero-order chi connectivity index (χ0) is 14.1. The van der Waals surface area contributed by atoms with E-state index in [9.17, 15) is 0 Å². The van der Waals surface area contributed by atoms with Crippen molar-refractivity contribution >= 4 is 0 Å². The average molecular weight is 275 g/mol. The fourth-order valence-electron chi connectivity index (χ4n) is 4.01. The van der Waals surface area contributed by atoms with Crippen molar-refractivity contribution in [3.63, 3.8) is 0 Å². The summed E-state index contributed by atoms with van der Waals surface area (Å²) in [4.78, 5) is 7.61. The molecule has 0 aliphatic carbocycles. The molecule has 0 amide bonds. The first kappa shape index (κ1) is 14.1. The second kappa shape index (κ2) is 5.88. The van der Waals surface area contributed by atoms with Gasteiger partial charge in [0.1, 0.15) is 5.82 Å². The molecule has 0 radical (unpaired) electrons. The van der Waals surface area contributed by atoms with Crippen LogP contribution in [0.5, 0.6) is 0 Å². The molecule has 1 aromatic rings. The molecular formula is C17H29N3. The Balaban J connectivity index is 1.73. The van der Waals surface area contributed by atoms with Crippen LogP contribution in [0.4, 0.5) is 0 Å². The van der Waals surface area contributed by atoms with E-state index >= 15 is 0 Å². The third-order valence-corrected chi connectivity index (χ3v) is 5.14. The summed E-state index contributed by atoms with van der Waals surface area (Å²) in [6.45, 7) is 8.26. The number of hydrogen-bond donors (Lipinski definition) is 0. The van der Waals surface area contributed by atoms with Gasteiger partial charge in [-0.25, -0.2) is 4.98 Å². The van der Waals surface area contributed by atoms with Crippen LogP contribution >= 0.6 is 0 Å². The summed E-state index contributed by atoms with van der Waals surface area (Å²) in [5, 5.41) is 0. The van der Waals surface area contributed by atoms with Gasteiger partial charge < -0.3 is 4.57 Å². The van der Waals surface area contributed by atoms with Crippen LogP contribution in [0.2, 0.25) is 0 Å². The molecule has 2 aliphatic heterocycles. The average Bonchev–Trinajstić information content (AvgIpc) is 2.83. The van der Waals surface area contributed by atoms with Crippen LogP contribution in [0.15, 0.2) is 6.20 Å². The lowest BCUT2D eigenvalue weighted by Crippen LogP contribution is -2.45. The molecule has 1 aromatic heterocycles. The number of nitrogens with zero attached hydrogens (tertiary/aromatic N) is 3. The molecule has 0 aromatic carbocycles. The summed E-state index contributed by atoms with van der Waals surface area (Å²) in [6, 6.07) is 2.01. The van der Waals surface area contributed by atoms with Crippen molar-refractivity contribution in [1.82, 2.24) is 14.5 Å². The van der Waals surface area contributed by atoms with Gasteiger partial charge in [0.15, 0.2) is 0 Å². The second-order valence-electron chi connectivity index (χ2n) is 6.98. The van der Waals surface area contributed by atoms with Gasteiger partial charge in [0.05, 0.1) is 5.69 Å². The van der Waals surface area contributed by atoms with Crippen molar-refractivity contribution in [1.29, 1.82) is 0 Å². The molecule has 1 fully saturated rings. The Hall–Kier alpha value is -0.830. The van der Waals surface area contributed by atoms with E-state index in [2.05, 4.69) is 36.4 Å². The van der Waals surface area contributed by atoms with Gasteiger partial charge in [-0.1, -0.05) is 6.42 Å². The van der Waals surface area contributed by atoms with E-state index in [1.807, 2.05) is 0 Å². The Morgan fingerprint density at radius 2 is 2.10 bits per heavy atom. The zero-order valence-corrected chi connectivity index (χ0v) is 13.3. The first-order valence-corrected chi connectivity index (χ1v) is 8.47. The Morgan fingerprint density at radius 1 is 1.25 bits per heavy atom. The molecule has 2 atom stereocenters. The fraction of sp³-hybridized carbons (Fsp3) is 0.824. The lowest BCUT2D eigenvalue weighted by atomic mass is 9.97. The summed E-state index contributed by atoms with van der Waals surface area (Å²) in [7, 11) is 0. The smallest absolute Gasteiger partial charge is 0.109 e. The van der Waals surface area contributed by atoms with Crippen molar-refractivity contribution in [3.8, 4) is 0 Å². The summed E-state index contributed by atoms with van der Waals surface area (Å²) in [5.74, 6) is 1.32. The molecule has 0 bridgehead atoms. The minimum absolute atomic E-state index is 0.646. The van der Waals surface area contributed by atoms with Gasteiger partial charge in [0, 0.05) is 37.2 Å². The molecule has 0 spiro atoms. The predicted molar refractivity (Wildman–Crippen MR) is 83.1 cm³/mol. The van der Waals surface area contributed by atoms with E-state index in [1.165, 1.54) is 56.6 Å². The zero-order valence-electron chi connectivity index (χ0n) is 13.3. The van der Waals surface area contributed by atoms with Gasteiger partial charge in [-0.15, -0.1) is 0 Å². The molecule has 3 heterocycles. The topological polar surface area (TPSA) is 21.1 Å². The third-order valence-electron chi connectivity index (χ3n) is 5.14. The second-order valence-corrected chi connectivity index (χ2v) is 6.98. The van der Waals surface area contributed by atoms with Crippen molar-refractivity contribution < 1.29 is 0 Å². The third kappa shape index (κ3) is 2.78. The van der Waals surface area contributed by atoms with Crippen LogP contribution in [0, 0.1) is 0 Å². The standard InChI is InChI=1S/C17H29N3/c1-13(2)19-10-5-4-8-16(19)11-15-12-20-14(3)7-6-9-17(20)18-15/h12-14,16H,4-11H2,1-3H3. The molecule has 112 valence electrons. The van der Waals surface area contributed by atoms with Crippen molar-refractivity contribution in [2.45, 2.75) is 83.8 Å². The predicted octanol–water partition coefficient (Wildman–Crippen LogP) is 3.59. The molecule has 3 rings (SSSR count). The Morgan fingerprint density at radius 3 is 2.85 bits per heavy atom. The van der Waals surface area contributed by atoms with Crippen LogP contribution in [0.1, 0.15) is 70.4 Å². The number of fused-ring (bicyclic) bond motifs is 1.